The van der Waals surface area contributed by atoms with E-state index in [-0.39, 0.29) is 5.56 Å². The Morgan fingerprint density at radius 2 is 1.94 bits per heavy atom. The highest BCUT2D eigenvalue weighted by Gasteiger charge is 2.09. The zero-order valence-electron chi connectivity index (χ0n) is 11.4. The summed E-state index contributed by atoms with van der Waals surface area (Å²) in [5.41, 5.74) is 1.02. The Labute approximate surface area is 109 Å². The van der Waals surface area contributed by atoms with Crippen molar-refractivity contribution in [3.8, 4) is 0 Å². The fraction of sp³-hybridized carbons (Fsp3) is 0.600. The fourth-order valence-electron chi connectivity index (χ4n) is 1.98. The number of nitrogens with one attached hydrogen (secondary N) is 1. The van der Waals surface area contributed by atoms with Gasteiger partial charge >= 0.3 is 0 Å². The zero-order valence-corrected chi connectivity index (χ0v) is 11.4. The lowest BCUT2D eigenvalue weighted by Crippen LogP contribution is -2.27. The molecule has 0 heterocycles. The van der Waals surface area contributed by atoms with Crippen LogP contribution in [0.15, 0.2) is 24.3 Å². The molecule has 1 nitrogen and oxygen atoms in total. The van der Waals surface area contributed by atoms with E-state index in [9.17, 15) is 8.78 Å². The van der Waals surface area contributed by atoms with Crippen molar-refractivity contribution in [2.24, 2.45) is 5.92 Å². The number of alkyl halides is 2. The lowest BCUT2D eigenvalue weighted by Gasteiger charge is -2.17. The van der Waals surface area contributed by atoms with Crippen molar-refractivity contribution < 1.29 is 8.78 Å². The summed E-state index contributed by atoms with van der Waals surface area (Å²) in [6.07, 6.45) is -0.0970. The molecule has 18 heavy (non-hydrogen) atoms. The first-order chi connectivity index (χ1) is 8.52. The Hall–Kier alpha value is -0.960. The predicted octanol–water partition coefficient (Wildman–Crippen LogP) is 4.54. The van der Waals surface area contributed by atoms with E-state index >= 15 is 0 Å². The first kappa shape index (κ1) is 15.1. The number of benzene rings is 1. The lowest BCUT2D eigenvalue weighted by molar-refractivity contribution is 0.151. The molecule has 0 saturated heterocycles. The molecule has 0 spiro atoms. The van der Waals surface area contributed by atoms with Crippen molar-refractivity contribution in [2.75, 3.05) is 0 Å². The summed E-state index contributed by atoms with van der Waals surface area (Å²) in [6.45, 7) is 7.21. The Kier molecular flexibility index (Phi) is 6.27. The summed E-state index contributed by atoms with van der Waals surface area (Å²) in [5.74, 6) is 0.694. The summed E-state index contributed by atoms with van der Waals surface area (Å²) in [6, 6.07) is 7.03. The molecule has 0 bridgehead atoms. The molecule has 0 amide bonds. The smallest absolute Gasteiger partial charge is 0.263 e. The van der Waals surface area contributed by atoms with E-state index in [1.54, 1.807) is 12.1 Å². The highest BCUT2D eigenvalue weighted by Crippen LogP contribution is 2.19. The van der Waals surface area contributed by atoms with E-state index < -0.39 is 6.43 Å². The van der Waals surface area contributed by atoms with Crippen LogP contribution in [0.3, 0.4) is 0 Å². The molecule has 0 aliphatic heterocycles. The van der Waals surface area contributed by atoms with Gasteiger partial charge in [0.2, 0.25) is 0 Å². The van der Waals surface area contributed by atoms with Gasteiger partial charge in [-0.2, -0.15) is 0 Å². The van der Waals surface area contributed by atoms with Crippen molar-refractivity contribution in [2.45, 2.75) is 52.6 Å². The van der Waals surface area contributed by atoms with Crippen molar-refractivity contribution in [1.29, 1.82) is 0 Å². The molecule has 0 radical (unpaired) electrons. The fourth-order valence-corrected chi connectivity index (χ4v) is 1.98. The van der Waals surface area contributed by atoms with Crippen LogP contribution < -0.4 is 5.32 Å². The molecule has 0 saturated carbocycles. The van der Waals surface area contributed by atoms with E-state index in [0.717, 1.165) is 12.0 Å². The van der Waals surface area contributed by atoms with Gasteiger partial charge in [-0.1, -0.05) is 38.5 Å². The van der Waals surface area contributed by atoms with Crippen LogP contribution in [0.5, 0.6) is 0 Å². The molecule has 0 fully saturated rings. The summed E-state index contributed by atoms with van der Waals surface area (Å²) < 4.78 is 25.1. The third kappa shape index (κ3) is 5.13. The van der Waals surface area contributed by atoms with Crippen molar-refractivity contribution in [1.82, 2.24) is 5.32 Å². The van der Waals surface area contributed by atoms with Crippen LogP contribution in [0.25, 0.3) is 0 Å². The Morgan fingerprint density at radius 3 is 2.56 bits per heavy atom. The summed E-state index contributed by atoms with van der Waals surface area (Å²) in [5, 5.41) is 3.39. The number of rotatable bonds is 7. The second kappa shape index (κ2) is 7.47. The Balaban J connectivity index is 2.45. The maximum Gasteiger partial charge on any atom is 0.263 e. The first-order valence-electron chi connectivity index (χ1n) is 6.63. The third-order valence-electron chi connectivity index (χ3n) is 3.31. The van der Waals surface area contributed by atoms with Gasteiger partial charge in [0.1, 0.15) is 0 Å². The van der Waals surface area contributed by atoms with E-state index in [2.05, 4.69) is 26.1 Å². The highest BCUT2D eigenvalue weighted by atomic mass is 19.3. The highest BCUT2D eigenvalue weighted by molar-refractivity contribution is 5.24. The second-order valence-electron chi connectivity index (χ2n) is 5.08. The van der Waals surface area contributed by atoms with Crippen LogP contribution in [-0.4, -0.2) is 6.04 Å². The number of hydrogen-bond donors (Lipinski definition) is 1. The van der Waals surface area contributed by atoms with Gasteiger partial charge in [0.15, 0.2) is 0 Å². The molecule has 0 aliphatic carbocycles. The van der Waals surface area contributed by atoms with Gasteiger partial charge in [-0.15, -0.1) is 0 Å². The molecule has 102 valence electrons. The van der Waals surface area contributed by atoms with Crippen molar-refractivity contribution in [3.63, 3.8) is 0 Å². The molecule has 1 rings (SSSR count). The molecule has 2 atom stereocenters. The van der Waals surface area contributed by atoms with Crippen LogP contribution in [-0.2, 0) is 6.54 Å². The van der Waals surface area contributed by atoms with Crippen molar-refractivity contribution >= 4 is 0 Å². The second-order valence-corrected chi connectivity index (χ2v) is 5.08. The third-order valence-corrected chi connectivity index (χ3v) is 3.31. The molecule has 1 aromatic rings. The van der Waals surface area contributed by atoms with Gasteiger partial charge < -0.3 is 5.32 Å². The molecular weight excluding hydrogens is 232 g/mol. The van der Waals surface area contributed by atoms with E-state index in [4.69, 9.17) is 0 Å². The van der Waals surface area contributed by atoms with Gasteiger partial charge in [0, 0.05) is 18.2 Å². The van der Waals surface area contributed by atoms with Gasteiger partial charge in [-0.3, -0.25) is 0 Å². The standard InChI is InChI=1S/C15H23F2N/c1-4-11(2)8-12(3)18-10-13-6-5-7-14(9-13)15(16)17/h5-7,9,11-12,15,18H,4,8,10H2,1-3H3. The van der Waals surface area contributed by atoms with Crippen LogP contribution in [0, 0.1) is 5.92 Å². The first-order valence-corrected chi connectivity index (χ1v) is 6.63. The molecule has 0 aromatic heterocycles. The molecule has 0 aliphatic rings. The Morgan fingerprint density at radius 1 is 1.22 bits per heavy atom. The molecule has 1 N–H and O–H groups in total. The monoisotopic (exact) mass is 255 g/mol. The maximum absolute atomic E-state index is 12.5. The lowest BCUT2D eigenvalue weighted by atomic mass is 10.0. The molecular formula is C15H23F2N. The maximum atomic E-state index is 12.5. The number of hydrogen-bond acceptors (Lipinski definition) is 1. The average Bonchev–Trinajstić information content (AvgIpc) is 2.36. The van der Waals surface area contributed by atoms with Crippen molar-refractivity contribution in [3.05, 3.63) is 35.4 Å². The average molecular weight is 255 g/mol. The minimum absolute atomic E-state index is 0.101. The van der Waals surface area contributed by atoms with E-state index in [0.29, 0.717) is 18.5 Å². The van der Waals surface area contributed by atoms with Crippen LogP contribution in [0.1, 0.15) is 51.2 Å². The predicted molar refractivity (Wildman–Crippen MR) is 71.8 cm³/mol. The number of halogens is 2. The Bertz CT molecular complexity index is 352. The minimum atomic E-state index is -2.39. The molecule has 2 unspecified atom stereocenters. The minimum Gasteiger partial charge on any atom is -0.310 e. The normalized spacial score (nSPS) is 14.8. The van der Waals surface area contributed by atoms with Crippen LogP contribution in [0.2, 0.25) is 0 Å². The summed E-state index contributed by atoms with van der Waals surface area (Å²) in [4.78, 5) is 0. The zero-order chi connectivity index (χ0) is 13.5. The van der Waals surface area contributed by atoms with E-state index in [1.165, 1.54) is 12.5 Å². The molecule has 3 heteroatoms. The van der Waals surface area contributed by atoms with Gasteiger partial charge in [0.05, 0.1) is 0 Å². The summed E-state index contributed by atoms with van der Waals surface area (Å²) >= 11 is 0. The van der Waals surface area contributed by atoms with Gasteiger partial charge in [-0.25, -0.2) is 8.78 Å². The SMILES string of the molecule is CCC(C)CC(C)NCc1cccc(C(F)F)c1. The van der Waals surface area contributed by atoms with Crippen LogP contribution >= 0.6 is 0 Å². The quantitative estimate of drug-likeness (QED) is 0.754. The topological polar surface area (TPSA) is 12.0 Å². The summed E-state index contributed by atoms with van der Waals surface area (Å²) in [7, 11) is 0. The molecule has 1 aromatic carbocycles. The van der Waals surface area contributed by atoms with Gasteiger partial charge in [-0.05, 0) is 30.9 Å². The largest absolute Gasteiger partial charge is 0.310 e. The van der Waals surface area contributed by atoms with Gasteiger partial charge in [0.25, 0.3) is 6.43 Å². The van der Waals surface area contributed by atoms with Crippen LogP contribution in [0.4, 0.5) is 8.78 Å². The van der Waals surface area contributed by atoms with E-state index in [1.807, 2.05) is 6.07 Å².